The van der Waals surface area contributed by atoms with Gasteiger partial charge < -0.3 is 4.90 Å². The summed E-state index contributed by atoms with van der Waals surface area (Å²) in [7, 11) is 0. The standard InChI is InChI=1S/C12H12FNO2.C2H4/c13-10-3-1-9(2-4-10)12(16)14-7-5-11(15)6-8-14;1-2/h1-4H,5-8H2;1-2H2. The Bertz CT molecular complexity index is 418. The molecule has 1 saturated heterocycles. The first kappa shape index (κ1) is 14.1. The molecule has 0 atom stereocenters. The fraction of sp³-hybridized carbons (Fsp3) is 0.286. The van der Waals surface area contributed by atoms with Gasteiger partial charge >= 0.3 is 0 Å². The molecule has 1 aromatic carbocycles. The molecule has 0 aromatic heterocycles. The molecule has 0 saturated carbocycles. The van der Waals surface area contributed by atoms with E-state index in [1.807, 2.05) is 0 Å². The fourth-order valence-corrected chi connectivity index (χ4v) is 1.73. The Morgan fingerprint density at radius 1 is 1.11 bits per heavy atom. The highest BCUT2D eigenvalue weighted by Crippen LogP contribution is 2.11. The second-order valence-electron chi connectivity index (χ2n) is 3.84. The van der Waals surface area contributed by atoms with Crippen molar-refractivity contribution in [3.63, 3.8) is 0 Å². The van der Waals surface area contributed by atoms with Crippen LogP contribution in [-0.2, 0) is 4.79 Å². The highest BCUT2D eigenvalue weighted by atomic mass is 19.1. The predicted molar refractivity (Wildman–Crippen MR) is 67.8 cm³/mol. The number of Topliss-reactive ketones (excluding diaryl/α,β-unsaturated/α-hetero) is 1. The maximum atomic E-state index is 12.7. The van der Waals surface area contributed by atoms with E-state index in [1.165, 1.54) is 24.3 Å². The van der Waals surface area contributed by atoms with Crippen molar-refractivity contribution in [2.45, 2.75) is 12.8 Å². The van der Waals surface area contributed by atoms with E-state index in [-0.39, 0.29) is 17.5 Å². The van der Waals surface area contributed by atoms with Gasteiger partial charge in [0, 0.05) is 31.5 Å². The molecule has 18 heavy (non-hydrogen) atoms. The minimum Gasteiger partial charge on any atom is -0.338 e. The third kappa shape index (κ3) is 3.52. The molecule has 0 bridgehead atoms. The summed E-state index contributed by atoms with van der Waals surface area (Å²) in [6, 6.07) is 5.47. The summed E-state index contributed by atoms with van der Waals surface area (Å²) in [6.45, 7) is 6.93. The highest BCUT2D eigenvalue weighted by molar-refractivity contribution is 5.95. The highest BCUT2D eigenvalue weighted by Gasteiger charge is 2.21. The molecule has 0 unspecified atom stereocenters. The summed E-state index contributed by atoms with van der Waals surface area (Å²) in [5.74, 6) is -0.291. The van der Waals surface area contributed by atoms with E-state index < -0.39 is 0 Å². The van der Waals surface area contributed by atoms with Gasteiger partial charge in [-0.05, 0) is 24.3 Å². The van der Waals surface area contributed by atoms with Crippen LogP contribution < -0.4 is 0 Å². The SMILES string of the molecule is C=C.O=C1CCN(C(=O)c2ccc(F)cc2)CC1. The number of ketones is 1. The zero-order chi connectivity index (χ0) is 13.5. The molecule has 0 radical (unpaired) electrons. The van der Waals surface area contributed by atoms with Crippen molar-refractivity contribution in [1.82, 2.24) is 4.90 Å². The van der Waals surface area contributed by atoms with E-state index in [4.69, 9.17) is 0 Å². The molecule has 4 heteroatoms. The van der Waals surface area contributed by atoms with Gasteiger partial charge in [-0.25, -0.2) is 4.39 Å². The number of likely N-dealkylation sites (tertiary alicyclic amines) is 1. The van der Waals surface area contributed by atoms with Crippen LogP contribution in [0.1, 0.15) is 23.2 Å². The summed E-state index contributed by atoms with van der Waals surface area (Å²) in [5, 5.41) is 0. The second kappa shape index (κ2) is 6.69. The molecule has 1 aromatic rings. The third-order valence-electron chi connectivity index (χ3n) is 2.70. The lowest BCUT2D eigenvalue weighted by molar-refractivity contribution is -0.120. The van der Waals surface area contributed by atoms with Gasteiger partial charge in [0.1, 0.15) is 11.6 Å². The second-order valence-corrected chi connectivity index (χ2v) is 3.84. The van der Waals surface area contributed by atoms with Crippen molar-refractivity contribution in [2.24, 2.45) is 0 Å². The Labute approximate surface area is 106 Å². The molecular formula is C14H16FNO2. The topological polar surface area (TPSA) is 37.4 Å². The van der Waals surface area contributed by atoms with E-state index in [1.54, 1.807) is 4.90 Å². The number of rotatable bonds is 1. The average Bonchev–Trinajstić information content (AvgIpc) is 2.42. The van der Waals surface area contributed by atoms with Gasteiger partial charge in [-0.15, -0.1) is 13.2 Å². The van der Waals surface area contributed by atoms with Crippen LogP contribution in [-0.4, -0.2) is 29.7 Å². The van der Waals surface area contributed by atoms with Gasteiger partial charge in [-0.1, -0.05) is 0 Å². The average molecular weight is 249 g/mol. The van der Waals surface area contributed by atoms with Gasteiger partial charge in [0.15, 0.2) is 0 Å². The van der Waals surface area contributed by atoms with Crippen LogP contribution in [0.5, 0.6) is 0 Å². The molecule has 1 heterocycles. The van der Waals surface area contributed by atoms with E-state index in [0.717, 1.165) is 0 Å². The number of halogens is 1. The van der Waals surface area contributed by atoms with Crippen molar-refractivity contribution in [3.05, 3.63) is 48.8 Å². The Morgan fingerprint density at radius 2 is 1.61 bits per heavy atom. The van der Waals surface area contributed by atoms with Gasteiger partial charge in [-0.3, -0.25) is 9.59 Å². The van der Waals surface area contributed by atoms with Crippen LogP contribution in [0.15, 0.2) is 37.4 Å². The van der Waals surface area contributed by atoms with Gasteiger partial charge in [0.05, 0.1) is 0 Å². The number of amides is 1. The molecular weight excluding hydrogens is 233 g/mol. The number of nitrogens with zero attached hydrogens (tertiary/aromatic N) is 1. The Kier molecular flexibility index (Phi) is 5.24. The molecule has 1 amide bonds. The molecule has 0 aliphatic carbocycles. The lowest BCUT2D eigenvalue weighted by Gasteiger charge is -2.26. The third-order valence-corrected chi connectivity index (χ3v) is 2.70. The monoisotopic (exact) mass is 249 g/mol. The zero-order valence-electron chi connectivity index (χ0n) is 10.2. The van der Waals surface area contributed by atoms with Gasteiger partial charge in [0.2, 0.25) is 0 Å². The van der Waals surface area contributed by atoms with E-state index in [9.17, 15) is 14.0 Å². The molecule has 2 rings (SSSR count). The maximum absolute atomic E-state index is 12.7. The van der Waals surface area contributed by atoms with Crippen LogP contribution in [0.25, 0.3) is 0 Å². The Balaban J connectivity index is 0.000000771. The summed E-state index contributed by atoms with van der Waals surface area (Å²) in [6.07, 6.45) is 0.847. The van der Waals surface area contributed by atoms with Crippen molar-refractivity contribution >= 4 is 11.7 Å². The molecule has 1 fully saturated rings. The number of hydrogen-bond acceptors (Lipinski definition) is 2. The molecule has 0 spiro atoms. The smallest absolute Gasteiger partial charge is 0.253 e. The summed E-state index contributed by atoms with van der Waals surface area (Å²) < 4.78 is 12.7. The number of piperidine rings is 1. The lowest BCUT2D eigenvalue weighted by Crippen LogP contribution is -2.38. The number of hydrogen-bond donors (Lipinski definition) is 0. The van der Waals surface area contributed by atoms with Crippen LogP contribution in [0.4, 0.5) is 4.39 Å². The zero-order valence-corrected chi connectivity index (χ0v) is 10.2. The molecule has 1 aliphatic rings. The molecule has 96 valence electrons. The predicted octanol–water partition coefficient (Wildman–Crippen LogP) is 2.43. The largest absolute Gasteiger partial charge is 0.338 e. The van der Waals surface area contributed by atoms with E-state index in [2.05, 4.69) is 13.2 Å². The van der Waals surface area contributed by atoms with E-state index in [0.29, 0.717) is 31.5 Å². The Morgan fingerprint density at radius 3 is 2.11 bits per heavy atom. The van der Waals surface area contributed by atoms with E-state index >= 15 is 0 Å². The summed E-state index contributed by atoms with van der Waals surface area (Å²) in [5.41, 5.74) is 0.468. The van der Waals surface area contributed by atoms with Crippen molar-refractivity contribution in [1.29, 1.82) is 0 Å². The van der Waals surface area contributed by atoms with Gasteiger partial charge in [0.25, 0.3) is 5.91 Å². The number of carbonyl (C=O) groups is 2. The molecule has 3 nitrogen and oxygen atoms in total. The minimum absolute atomic E-state index is 0.132. The summed E-state index contributed by atoms with van der Waals surface area (Å²) in [4.78, 5) is 24.6. The first-order valence-electron chi connectivity index (χ1n) is 5.73. The first-order chi connectivity index (χ1) is 8.66. The first-order valence-corrected chi connectivity index (χ1v) is 5.73. The Hall–Kier alpha value is -1.97. The fourth-order valence-electron chi connectivity index (χ4n) is 1.73. The summed E-state index contributed by atoms with van der Waals surface area (Å²) >= 11 is 0. The normalized spacial score (nSPS) is 14.7. The van der Waals surface area contributed by atoms with Crippen LogP contribution in [0.3, 0.4) is 0 Å². The van der Waals surface area contributed by atoms with Crippen molar-refractivity contribution in [2.75, 3.05) is 13.1 Å². The van der Waals surface area contributed by atoms with Crippen molar-refractivity contribution in [3.8, 4) is 0 Å². The van der Waals surface area contributed by atoms with Crippen LogP contribution in [0.2, 0.25) is 0 Å². The molecule has 0 N–H and O–H groups in total. The minimum atomic E-state index is -0.356. The van der Waals surface area contributed by atoms with Crippen molar-refractivity contribution < 1.29 is 14.0 Å². The van der Waals surface area contributed by atoms with Crippen LogP contribution >= 0.6 is 0 Å². The lowest BCUT2D eigenvalue weighted by atomic mass is 10.1. The molecule has 1 aliphatic heterocycles. The quantitative estimate of drug-likeness (QED) is 0.717. The number of benzene rings is 1. The van der Waals surface area contributed by atoms with Gasteiger partial charge in [-0.2, -0.15) is 0 Å². The number of carbonyl (C=O) groups excluding carboxylic acids is 2. The maximum Gasteiger partial charge on any atom is 0.253 e. The van der Waals surface area contributed by atoms with Crippen LogP contribution in [0, 0.1) is 5.82 Å².